The molecule has 8 nitrogen and oxygen atoms in total. The van der Waals surface area contributed by atoms with Crippen LogP contribution in [0, 0.1) is 5.82 Å². The molecule has 0 unspecified atom stereocenters. The monoisotopic (exact) mass is 419 g/mol. The lowest BCUT2D eigenvalue weighted by atomic mass is 9.99. The lowest BCUT2D eigenvalue weighted by Crippen LogP contribution is -2.24. The number of aromatic nitrogens is 1. The molecule has 0 fully saturated rings. The fourth-order valence-corrected chi connectivity index (χ4v) is 4.10. The molecule has 1 amide bonds. The van der Waals surface area contributed by atoms with Gasteiger partial charge >= 0.3 is 7.82 Å². The third-order valence-electron chi connectivity index (χ3n) is 4.79. The highest BCUT2D eigenvalue weighted by Crippen LogP contribution is 2.41. The highest BCUT2D eigenvalue weighted by Gasteiger charge is 2.30. The normalized spacial score (nSPS) is 14.0. The molecule has 2 aromatic carbocycles. The van der Waals surface area contributed by atoms with Crippen LogP contribution in [0.1, 0.15) is 21.5 Å². The van der Waals surface area contributed by atoms with Crippen molar-refractivity contribution >= 4 is 24.6 Å². The summed E-state index contributed by atoms with van der Waals surface area (Å²) in [5.74, 6) is -1.16. The molecule has 152 valence electrons. The van der Waals surface area contributed by atoms with Gasteiger partial charge in [-0.15, -0.1) is 0 Å². The van der Waals surface area contributed by atoms with E-state index in [1.807, 2.05) is 19.2 Å². The molecule has 4 rings (SSSR count). The Kier molecular flexibility index (Phi) is 4.92. The molecule has 1 aromatic heterocycles. The van der Waals surface area contributed by atoms with Crippen molar-refractivity contribution in [3.8, 4) is 11.3 Å². The molecule has 1 aliphatic rings. The van der Waals surface area contributed by atoms with E-state index in [0.29, 0.717) is 41.7 Å². The van der Waals surface area contributed by atoms with E-state index in [1.165, 1.54) is 0 Å². The van der Waals surface area contributed by atoms with Gasteiger partial charge < -0.3 is 15.3 Å². The van der Waals surface area contributed by atoms with Gasteiger partial charge in [0.15, 0.2) is 0 Å². The van der Waals surface area contributed by atoms with E-state index >= 15 is 0 Å². The number of phosphoric acid groups is 1. The highest BCUT2D eigenvalue weighted by molar-refractivity contribution is 7.46. The number of nitrogens with zero attached hydrogens (tertiary/aromatic N) is 1. The zero-order valence-electron chi connectivity index (χ0n) is 15.5. The SMILES string of the molecule is CNCc1ccc(-c2c3c4c(cc(F)cc4n2OP(=O)(O)O)C(=O)NCC3)cc1. The molecule has 0 radical (unpaired) electrons. The van der Waals surface area contributed by atoms with Gasteiger partial charge in [0.05, 0.1) is 16.8 Å². The van der Waals surface area contributed by atoms with Crippen LogP contribution in [-0.4, -0.2) is 34.0 Å². The molecular weight excluding hydrogens is 400 g/mol. The average molecular weight is 419 g/mol. The zero-order chi connectivity index (χ0) is 20.8. The number of benzene rings is 2. The Labute approximate surface area is 165 Å². The van der Waals surface area contributed by atoms with E-state index < -0.39 is 19.5 Å². The van der Waals surface area contributed by atoms with Crippen molar-refractivity contribution in [3.63, 3.8) is 0 Å². The van der Waals surface area contributed by atoms with E-state index in [2.05, 4.69) is 10.6 Å². The van der Waals surface area contributed by atoms with Gasteiger partial charge in [-0.25, -0.2) is 8.96 Å². The fourth-order valence-electron chi connectivity index (χ4n) is 3.72. The third-order valence-corrected chi connectivity index (χ3v) is 5.17. The van der Waals surface area contributed by atoms with Crippen LogP contribution in [0.15, 0.2) is 36.4 Å². The van der Waals surface area contributed by atoms with Gasteiger partial charge in [0.2, 0.25) is 0 Å². The summed E-state index contributed by atoms with van der Waals surface area (Å²) in [5.41, 5.74) is 2.87. The summed E-state index contributed by atoms with van der Waals surface area (Å²) in [6.07, 6.45) is 0.395. The van der Waals surface area contributed by atoms with Gasteiger partial charge in [0.1, 0.15) is 5.82 Å². The second kappa shape index (κ2) is 7.27. The van der Waals surface area contributed by atoms with Crippen LogP contribution >= 0.6 is 7.82 Å². The van der Waals surface area contributed by atoms with Gasteiger partial charge in [-0.1, -0.05) is 24.3 Å². The topological polar surface area (TPSA) is 113 Å². The third kappa shape index (κ3) is 3.65. The van der Waals surface area contributed by atoms with E-state index in [-0.39, 0.29) is 11.1 Å². The molecule has 0 spiro atoms. The number of rotatable bonds is 5. The first-order valence-electron chi connectivity index (χ1n) is 8.93. The molecule has 0 bridgehead atoms. The van der Waals surface area contributed by atoms with Crippen molar-refractivity contribution in [2.45, 2.75) is 13.0 Å². The molecule has 0 atom stereocenters. The van der Waals surface area contributed by atoms with Crippen LogP contribution in [0.5, 0.6) is 0 Å². The Bertz CT molecular complexity index is 1150. The lowest BCUT2D eigenvalue weighted by molar-refractivity contribution is 0.0956. The number of amides is 1. The number of carbonyl (C=O) groups is 1. The van der Waals surface area contributed by atoms with Crippen molar-refractivity contribution in [3.05, 3.63) is 58.9 Å². The van der Waals surface area contributed by atoms with Crippen LogP contribution in [0.25, 0.3) is 22.2 Å². The molecule has 0 aliphatic carbocycles. The summed E-state index contributed by atoms with van der Waals surface area (Å²) < 4.78 is 31.8. The summed E-state index contributed by atoms with van der Waals surface area (Å²) in [5, 5.41) is 6.19. The number of nitrogens with one attached hydrogen (secondary N) is 2. The predicted octanol–water partition coefficient (Wildman–Crippen LogP) is 1.97. The summed E-state index contributed by atoms with van der Waals surface area (Å²) in [6, 6.07) is 9.57. The fraction of sp³-hybridized carbons (Fsp3) is 0.211. The van der Waals surface area contributed by atoms with Crippen LogP contribution in [0.2, 0.25) is 0 Å². The summed E-state index contributed by atoms with van der Waals surface area (Å²) in [4.78, 5) is 31.3. The van der Waals surface area contributed by atoms with Gasteiger partial charge in [0, 0.05) is 30.1 Å². The Balaban J connectivity index is 2.05. The number of hydrogen-bond acceptors (Lipinski definition) is 4. The quantitative estimate of drug-likeness (QED) is 0.471. The molecule has 4 N–H and O–H groups in total. The van der Waals surface area contributed by atoms with E-state index in [1.54, 1.807) is 12.1 Å². The van der Waals surface area contributed by atoms with Crippen molar-refractivity contribution < 1.29 is 28.2 Å². The minimum atomic E-state index is -4.96. The maximum Gasteiger partial charge on any atom is 0.543 e. The Morgan fingerprint density at radius 3 is 2.66 bits per heavy atom. The molecule has 10 heteroatoms. The second-order valence-electron chi connectivity index (χ2n) is 6.77. The largest absolute Gasteiger partial charge is 0.543 e. The number of hydrogen-bond donors (Lipinski definition) is 4. The summed E-state index contributed by atoms with van der Waals surface area (Å²) in [6.45, 7) is 0.956. The lowest BCUT2D eigenvalue weighted by Gasteiger charge is -2.14. The maximum atomic E-state index is 14.3. The van der Waals surface area contributed by atoms with Gasteiger partial charge in [-0.2, -0.15) is 4.73 Å². The minimum Gasteiger partial charge on any atom is -0.352 e. The van der Waals surface area contributed by atoms with Gasteiger partial charge in [-0.05, 0) is 30.7 Å². The van der Waals surface area contributed by atoms with Crippen molar-refractivity contribution in [2.75, 3.05) is 13.6 Å². The predicted molar refractivity (Wildman–Crippen MR) is 105 cm³/mol. The van der Waals surface area contributed by atoms with Crippen LogP contribution < -0.4 is 15.3 Å². The first-order chi connectivity index (χ1) is 13.8. The molecule has 2 heterocycles. The summed E-state index contributed by atoms with van der Waals surface area (Å²) in [7, 11) is -3.14. The molecule has 29 heavy (non-hydrogen) atoms. The number of halogens is 1. The van der Waals surface area contributed by atoms with E-state index in [4.69, 9.17) is 4.62 Å². The first kappa shape index (κ1) is 19.6. The Morgan fingerprint density at radius 1 is 1.28 bits per heavy atom. The molecule has 3 aromatic rings. The molecular formula is C19H19FN3O5P. The smallest absolute Gasteiger partial charge is 0.352 e. The van der Waals surface area contributed by atoms with Gasteiger partial charge in [-0.3, -0.25) is 14.6 Å². The second-order valence-corrected chi connectivity index (χ2v) is 7.92. The van der Waals surface area contributed by atoms with E-state index in [9.17, 15) is 23.5 Å². The molecule has 1 aliphatic heterocycles. The van der Waals surface area contributed by atoms with Crippen LogP contribution in [0.3, 0.4) is 0 Å². The molecule has 0 saturated heterocycles. The van der Waals surface area contributed by atoms with Crippen molar-refractivity contribution in [1.29, 1.82) is 0 Å². The molecule has 0 saturated carbocycles. The van der Waals surface area contributed by atoms with Crippen molar-refractivity contribution in [2.24, 2.45) is 0 Å². The van der Waals surface area contributed by atoms with Crippen molar-refractivity contribution in [1.82, 2.24) is 15.4 Å². The average Bonchev–Trinajstić information content (AvgIpc) is 2.83. The summed E-state index contributed by atoms with van der Waals surface area (Å²) >= 11 is 0. The highest BCUT2D eigenvalue weighted by atomic mass is 31.2. The first-order valence-corrected chi connectivity index (χ1v) is 10.5. The zero-order valence-corrected chi connectivity index (χ0v) is 16.4. The van der Waals surface area contributed by atoms with E-state index in [0.717, 1.165) is 22.4 Å². The Morgan fingerprint density at radius 2 is 2.00 bits per heavy atom. The maximum absolute atomic E-state index is 14.3. The standard InChI is InChI=1S/C19H19FN3O5P/c1-21-10-11-2-4-12(5-3-11)18-14-6-7-22-19(24)15-8-13(20)9-16(17(14)15)23(18)28-29(25,26)27/h2-5,8-9,21H,6-7,10H2,1H3,(H,22,24)(H2,25,26,27). The van der Waals surface area contributed by atoms with Crippen LogP contribution in [0.4, 0.5) is 4.39 Å². The Hall–Kier alpha value is -2.71. The minimum absolute atomic E-state index is 0.0877. The van der Waals surface area contributed by atoms with Gasteiger partial charge in [0.25, 0.3) is 5.91 Å². The van der Waals surface area contributed by atoms with Crippen LogP contribution in [-0.2, 0) is 17.5 Å². The number of carbonyl (C=O) groups excluding carboxylic acids is 1.